The summed E-state index contributed by atoms with van der Waals surface area (Å²) >= 11 is 0. The van der Waals surface area contributed by atoms with Crippen molar-refractivity contribution in [2.75, 3.05) is 19.0 Å². The Balaban J connectivity index is 2.83. The highest BCUT2D eigenvalue weighted by molar-refractivity contribution is 5.47. The molecule has 3 heteroatoms. The van der Waals surface area contributed by atoms with Crippen LogP contribution >= 0.6 is 0 Å². The van der Waals surface area contributed by atoms with Gasteiger partial charge in [0.15, 0.2) is 0 Å². The molecule has 0 bridgehead atoms. The van der Waals surface area contributed by atoms with Gasteiger partial charge in [0.1, 0.15) is 0 Å². The summed E-state index contributed by atoms with van der Waals surface area (Å²) in [7, 11) is 4.07. The lowest BCUT2D eigenvalue weighted by atomic mass is 10.0. The zero-order chi connectivity index (χ0) is 12.0. The van der Waals surface area contributed by atoms with Gasteiger partial charge in [-0.1, -0.05) is 18.2 Å². The fraction of sp³-hybridized carbons (Fsp3) is 0.385. The van der Waals surface area contributed by atoms with Gasteiger partial charge < -0.3 is 4.90 Å². The molecule has 1 aromatic rings. The van der Waals surface area contributed by atoms with E-state index in [0.717, 1.165) is 12.8 Å². The van der Waals surface area contributed by atoms with Gasteiger partial charge in [0.05, 0.1) is 0 Å². The lowest BCUT2D eigenvalue weighted by Crippen LogP contribution is -2.28. The highest BCUT2D eigenvalue weighted by Crippen LogP contribution is 2.22. The van der Waals surface area contributed by atoms with E-state index in [0.29, 0.717) is 0 Å². The van der Waals surface area contributed by atoms with Gasteiger partial charge in [-0.3, -0.25) is 11.3 Å². The first-order valence-corrected chi connectivity index (χ1v) is 5.53. The second kappa shape index (κ2) is 6.30. The van der Waals surface area contributed by atoms with Crippen molar-refractivity contribution in [3.63, 3.8) is 0 Å². The molecule has 1 rings (SSSR count). The maximum Gasteiger partial charge on any atom is 0.0463 e. The van der Waals surface area contributed by atoms with Gasteiger partial charge in [-0.15, -0.1) is 6.58 Å². The molecule has 0 saturated carbocycles. The van der Waals surface area contributed by atoms with Crippen LogP contribution in [0.5, 0.6) is 0 Å². The summed E-state index contributed by atoms with van der Waals surface area (Å²) in [4.78, 5) is 2.09. The Bertz CT molecular complexity index is 334. The van der Waals surface area contributed by atoms with E-state index in [2.05, 4.69) is 41.2 Å². The fourth-order valence-electron chi connectivity index (χ4n) is 1.65. The summed E-state index contributed by atoms with van der Waals surface area (Å²) in [6, 6.07) is 8.60. The van der Waals surface area contributed by atoms with E-state index in [4.69, 9.17) is 5.84 Å². The number of anilines is 1. The molecule has 88 valence electrons. The van der Waals surface area contributed by atoms with Crippen molar-refractivity contribution < 1.29 is 0 Å². The van der Waals surface area contributed by atoms with E-state index in [1.807, 2.05) is 20.2 Å². The Morgan fingerprint density at radius 3 is 2.81 bits per heavy atom. The van der Waals surface area contributed by atoms with E-state index in [1.54, 1.807) is 0 Å². The molecule has 16 heavy (non-hydrogen) atoms. The van der Waals surface area contributed by atoms with E-state index in [9.17, 15) is 0 Å². The molecule has 0 spiro atoms. The number of rotatable bonds is 6. The lowest BCUT2D eigenvalue weighted by Gasteiger charge is -2.19. The van der Waals surface area contributed by atoms with Crippen LogP contribution in [0.25, 0.3) is 0 Å². The van der Waals surface area contributed by atoms with Crippen LogP contribution in [0.2, 0.25) is 0 Å². The Kier molecular flexibility index (Phi) is 5.02. The summed E-state index contributed by atoms with van der Waals surface area (Å²) in [5.74, 6) is 5.57. The first-order valence-electron chi connectivity index (χ1n) is 5.53. The van der Waals surface area contributed by atoms with Gasteiger partial charge in [0.25, 0.3) is 0 Å². The smallest absolute Gasteiger partial charge is 0.0463 e. The minimum atomic E-state index is 0.192. The number of hydrogen-bond acceptors (Lipinski definition) is 3. The Labute approximate surface area is 97.9 Å². The van der Waals surface area contributed by atoms with Crippen molar-refractivity contribution in [1.82, 2.24) is 5.43 Å². The molecule has 0 aliphatic carbocycles. The monoisotopic (exact) mass is 219 g/mol. The molecule has 1 atom stereocenters. The molecule has 0 aliphatic rings. The number of nitrogens with zero attached hydrogens (tertiary/aromatic N) is 1. The predicted octanol–water partition coefficient (Wildman–Crippen LogP) is 2.22. The van der Waals surface area contributed by atoms with Crippen LogP contribution in [0.4, 0.5) is 5.69 Å². The quantitative estimate of drug-likeness (QED) is 0.438. The summed E-state index contributed by atoms with van der Waals surface area (Å²) < 4.78 is 0. The van der Waals surface area contributed by atoms with Crippen molar-refractivity contribution in [2.24, 2.45) is 5.84 Å². The van der Waals surface area contributed by atoms with Gasteiger partial charge in [-0.25, -0.2) is 0 Å². The molecule has 0 aromatic heterocycles. The van der Waals surface area contributed by atoms with Crippen molar-refractivity contribution in [1.29, 1.82) is 0 Å². The average molecular weight is 219 g/mol. The molecular formula is C13H21N3. The molecule has 0 amide bonds. The third-order valence-electron chi connectivity index (χ3n) is 2.65. The zero-order valence-electron chi connectivity index (χ0n) is 10.1. The standard InChI is InChI=1S/C13H21N3/c1-4-5-9-13(15-14)11-7-6-8-12(10-11)16(2)3/h4,6-8,10,13,15H,1,5,9,14H2,2-3H3. The third kappa shape index (κ3) is 3.36. The summed E-state index contributed by atoms with van der Waals surface area (Å²) in [5, 5.41) is 0. The number of hydrogen-bond donors (Lipinski definition) is 2. The van der Waals surface area contributed by atoms with Crippen molar-refractivity contribution >= 4 is 5.69 Å². The number of allylic oxidation sites excluding steroid dienone is 1. The molecule has 3 N–H and O–H groups in total. The average Bonchev–Trinajstić information content (AvgIpc) is 2.30. The predicted molar refractivity (Wildman–Crippen MR) is 70.3 cm³/mol. The molecule has 3 nitrogen and oxygen atoms in total. The Morgan fingerprint density at radius 2 is 2.25 bits per heavy atom. The minimum absolute atomic E-state index is 0.192. The largest absolute Gasteiger partial charge is 0.378 e. The van der Waals surface area contributed by atoms with E-state index in [1.165, 1.54) is 11.3 Å². The molecular weight excluding hydrogens is 198 g/mol. The van der Waals surface area contributed by atoms with Gasteiger partial charge in [-0.2, -0.15) is 0 Å². The Morgan fingerprint density at radius 1 is 1.50 bits per heavy atom. The van der Waals surface area contributed by atoms with Crippen molar-refractivity contribution in [2.45, 2.75) is 18.9 Å². The molecule has 0 saturated heterocycles. The molecule has 0 fully saturated rings. The van der Waals surface area contributed by atoms with Crippen LogP contribution in [-0.2, 0) is 0 Å². The fourth-order valence-corrected chi connectivity index (χ4v) is 1.65. The highest BCUT2D eigenvalue weighted by Gasteiger charge is 2.09. The number of hydrazine groups is 1. The number of benzene rings is 1. The first-order chi connectivity index (χ1) is 7.69. The third-order valence-corrected chi connectivity index (χ3v) is 2.65. The van der Waals surface area contributed by atoms with E-state index >= 15 is 0 Å². The summed E-state index contributed by atoms with van der Waals surface area (Å²) in [5.41, 5.74) is 5.26. The normalized spacial score (nSPS) is 12.2. The van der Waals surface area contributed by atoms with E-state index in [-0.39, 0.29) is 6.04 Å². The number of nitrogens with two attached hydrogens (primary N) is 1. The number of nitrogens with one attached hydrogen (secondary N) is 1. The topological polar surface area (TPSA) is 41.3 Å². The summed E-state index contributed by atoms with van der Waals surface area (Å²) in [6.07, 6.45) is 3.85. The van der Waals surface area contributed by atoms with Crippen LogP contribution in [0.1, 0.15) is 24.4 Å². The van der Waals surface area contributed by atoms with Crippen LogP contribution in [0.3, 0.4) is 0 Å². The van der Waals surface area contributed by atoms with Crippen molar-refractivity contribution in [3.05, 3.63) is 42.5 Å². The van der Waals surface area contributed by atoms with Gasteiger partial charge in [0.2, 0.25) is 0 Å². The molecule has 1 unspecified atom stereocenters. The van der Waals surface area contributed by atoms with Crippen LogP contribution in [0, 0.1) is 0 Å². The van der Waals surface area contributed by atoms with Crippen LogP contribution in [0.15, 0.2) is 36.9 Å². The SMILES string of the molecule is C=CCCC(NN)c1cccc(N(C)C)c1. The second-order valence-electron chi connectivity index (χ2n) is 4.07. The maximum atomic E-state index is 5.57. The van der Waals surface area contributed by atoms with Crippen LogP contribution in [-0.4, -0.2) is 14.1 Å². The van der Waals surface area contributed by atoms with Gasteiger partial charge in [0, 0.05) is 25.8 Å². The van der Waals surface area contributed by atoms with E-state index < -0.39 is 0 Å². The van der Waals surface area contributed by atoms with Gasteiger partial charge >= 0.3 is 0 Å². The minimum Gasteiger partial charge on any atom is -0.378 e. The summed E-state index contributed by atoms with van der Waals surface area (Å²) in [6.45, 7) is 3.73. The lowest BCUT2D eigenvalue weighted by molar-refractivity contribution is 0.521. The van der Waals surface area contributed by atoms with Crippen LogP contribution < -0.4 is 16.2 Å². The Hall–Kier alpha value is -1.32. The second-order valence-corrected chi connectivity index (χ2v) is 4.07. The van der Waals surface area contributed by atoms with Crippen molar-refractivity contribution in [3.8, 4) is 0 Å². The first kappa shape index (κ1) is 12.7. The maximum absolute atomic E-state index is 5.57. The zero-order valence-corrected chi connectivity index (χ0v) is 10.1. The molecule has 0 radical (unpaired) electrons. The van der Waals surface area contributed by atoms with Gasteiger partial charge in [-0.05, 0) is 30.5 Å². The molecule has 0 aliphatic heterocycles. The molecule has 0 heterocycles. The molecule has 1 aromatic carbocycles. The highest BCUT2D eigenvalue weighted by atomic mass is 15.2.